The SMILES string of the molecule is CCCC(I)C1=CC2C3C[C@@]23C=C1. The molecule has 70 valence electrons. The number of rotatable bonds is 3. The monoisotopic (exact) mass is 286 g/mol. The van der Waals surface area contributed by atoms with Crippen molar-refractivity contribution in [3.63, 3.8) is 0 Å². The van der Waals surface area contributed by atoms with Gasteiger partial charge in [0.1, 0.15) is 0 Å². The van der Waals surface area contributed by atoms with E-state index >= 15 is 0 Å². The molecule has 0 bridgehead atoms. The predicted octanol–water partition coefficient (Wildman–Crippen LogP) is 3.72. The molecule has 3 unspecified atom stereocenters. The van der Waals surface area contributed by atoms with E-state index in [1.165, 1.54) is 19.3 Å². The molecule has 0 aromatic rings. The first-order valence-electron chi connectivity index (χ1n) is 5.33. The van der Waals surface area contributed by atoms with Crippen LogP contribution in [0.3, 0.4) is 0 Å². The fraction of sp³-hybridized carbons (Fsp3) is 0.667. The second-order valence-electron chi connectivity index (χ2n) is 4.70. The lowest BCUT2D eigenvalue weighted by molar-refractivity contribution is 0.646. The van der Waals surface area contributed by atoms with Crippen LogP contribution in [0.2, 0.25) is 0 Å². The second-order valence-corrected chi connectivity index (χ2v) is 6.21. The summed E-state index contributed by atoms with van der Waals surface area (Å²) < 4.78 is 0.760. The van der Waals surface area contributed by atoms with Gasteiger partial charge in [0.15, 0.2) is 0 Å². The third kappa shape index (κ3) is 1.09. The van der Waals surface area contributed by atoms with Crippen molar-refractivity contribution in [1.29, 1.82) is 0 Å². The zero-order valence-electron chi connectivity index (χ0n) is 7.96. The molecule has 3 aliphatic rings. The van der Waals surface area contributed by atoms with Gasteiger partial charge in [-0.1, -0.05) is 54.2 Å². The highest BCUT2D eigenvalue weighted by Crippen LogP contribution is 2.82. The molecule has 0 N–H and O–H groups in total. The number of hydrogen-bond acceptors (Lipinski definition) is 0. The topological polar surface area (TPSA) is 0 Å². The van der Waals surface area contributed by atoms with Crippen LogP contribution in [0, 0.1) is 17.3 Å². The minimum atomic E-state index is 0.714. The molecule has 0 heterocycles. The van der Waals surface area contributed by atoms with Gasteiger partial charge >= 0.3 is 0 Å². The summed E-state index contributed by atoms with van der Waals surface area (Å²) >= 11 is 2.59. The van der Waals surface area contributed by atoms with E-state index in [1.54, 1.807) is 5.57 Å². The zero-order chi connectivity index (χ0) is 9.05. The summed E-state index contributed by atoms with van der Waals surface area (Å²) in [6, 6.07) is 0. The summed E-state index contributed by atoms with van der Waals surface area (Å²) in [5.41, 5.74) is 2.32. The van der Waals surface area contributed by atoms with Gasteiger partial charge in [-0.05, 0) is 35.7 Å². The molecular weight excluding hydrogens is 271 g/mol. The van der Waals surface area contributed by atoms with Crippen LogP contribution in [-0.2, 0) is 0 Å². The van der Waals surface area contributed by atoms with Crippen LogP contribution in [-0.4, -0.2) is 3.92 Å². The fourth-order valence-electron chi connectivity index (χ4n) is 2.72. The Kier molecular flexibility index (Phi) is 1.71. The van der Waals surface area contributed by atoms with Gasteiger partial charge in [0.05, 0.1) is 0 Å². The van der Waals surface area contributed by atoms with Crippen LogP contribution < -0.4 is 0 Å². The largest absolute Gasteiger partial charge is 0.0774 e. The molecule has 1 spiro atoms. The fourth-order valence-corrected chi connectivity index (χ4v) is 3.75. The summed E-state index contributed by atoms with van der Waals surface area (Å²) in [6.07, 6.45) is 11.6. The van der Waals surface area contributed by atoms with Crippen molar-refractivity contribution < 1.29 is 0 Å². The third-order valence-corrected chi connectivity index (χ3v) is 5.25. The van der Waals surface area contributed by atoms with E-state index in [2.05, 4.69) is 47.7 Å². The highest BCUT2D eigenvalue weighted by atomic mass is 127. The highest BCUT2D eigenvalue weighted by molar-refractivity contribution is 14.1. The molecule has 3 aliphatic carbocycles. The first-order chi connectivity index (χ1) is 6.28. The first kappa shape index (κ1) is 8.51. The van der Waals surface area contributed by atoms with Gasteiger partial charge < -0.3 is 0 Å². The van der Waals surface area contributed by atoms with Crippen molar-refractivity contribution in [3.05, 3.63) is 23.8 Å². The van der Waals surface area contributed by atoms with E-state index in [4.69, 9.17) is 0 Å². The average molecular weight is 286 g/mol. The van der Waals surface area contributed by atoms with Crippen LogP contribution in [0.15, 0.2) is 23.8 Å². The Morgan fingerprint density at radius 3 is 3.15 bits per heavy atom. The molecule has 13 heavy (non-hydrogen) atoms. The van der Waals surface area contributed by atoms with Crippen LogP contribution in [0.25, 0.3) is 0 Å². The molecule has 0 saturated heterocycles. The Bertz CT molecular complexity index is 302. The van der Waals surface area contributed by atoms with Gasteiger partial charge in [-0.3, -0.25) is 0 Å². The van der Waals surface area contributed by atoms with Crippen molar-refractivity contribution in [2.24, 2.45) is 17.3 Å². The van der Waals surface area contributed by atoms with E-state index < -0.39 is 0 Å². The van der Waals surface area contributed by atoms with E-state index in [9.17, 15) is 0 Å². The van der Waals surface area contributed by atoms with Gasteiger partial charge in [0.2, 0.25) is 0 Å². The second kappa shape index (κ2) is 2.62. The molecule has 0 amide bonds. The maximum Gasteiger partial charge on any atom is 0.0356 e. The summed E-state index contributed by atoms with van der Waals surface area (Å²) in [4.78, 5) is 0. The van der Waals surface area contributed by atoms with E-state index in [1.807, 2.05) is 0 Å². The van der Waals surface area contributed by atoms with E-state index in [-0.39, 0.29) is 0 Å². The molecule has 4 atom stereocenters. The summed E-state index contributed by atoms with van der Waals surface area (Å²) in [6.45, 7) is 2.27. The third-order valence-electron chi connectivity index (χ3n) is 3.91. The molecule has 3 rings (SSSR count). The normalized spacial score (nSPS) is 46.2. The van der Waals surface area contributed by atoms with Crippen molar-refractivity contribution in [3.8, 4) is 0 Å². The minimum Gasteiger partial charge on any atom is -0.0774 e. The maximum atomic E-state index is 2.59. The van der Waals surface area contributed by atoms with Gasteiger partial charge in [-0.25, -0.2) is 0 Å². The Labute approximate surface area is 93.6 Å². The molecule has 0 nitrogen and oxygen atoms in total. The Balaban J connectivity index is 1.73. The van der Waals surface area contributed by atoms with Crippen LogP contribution in [0.5, 0.6) is 0 Å². The maximum absolute atomic E-state index is 2.59. The Hall–Kier alpha value is 0.210. The lowest BCUT2D eigenvalue weighted by Gasteiger charge is -2.16. The molecule has 0 aliphatic heterocycles. The molecule has 2 fully saturated rings. The first-order valence-corrected chi connectivity index (χ1v) is 6.57. The van der Waals surface area contributed by atoms with Crippen LogP contribution in [0.4, 0.5) is 0 Å². The highest BCUT2D eigenvalue weighted by Gasteiger charge is 2.76. The Morgan fingerprint density at radius 2 is 2.54 bits per heavy atom. The van der Waals surface area contributed by atoms with E-state index in [0.29, 0.717) is 5.41 Å². The number of allylic oxidation sites excluding steroid dienone is 4. The zero-order valence-corrected chi connectivity index (χ0v) is 10.1. The van der Waals surface area contributed by atoms with Crippen molar-refractivity contribution in [2.45, 2.75) is 30.1 Å². The Morgan fingerprint density at radius 1 is 1.69 bits per heavy atom. The smallest absolute Gasteiger partial charge is 0.0356 e. The van der Waals surface area contributed by atoms with Gasteiger partial charge in [-0.2, -0.15) is 0 Å². The van der Waals surface area contributed by atoms with Crippen molar-refractivity contribution >= 4 is 22.6 Å². The molecule has 1 heteroatoms. The lowest BCUT2D eigenvalue weighted by Crippen LogP contribution is -2.06. The van der Waals surface area contributed by atoms with Crippen LogP contribution >= 0.6 is 22.6 Å². The molecule has 0 aromatic heterocycles. The number of fused-ring (bicyclic) bond motifs is 1. The number of halogens is 1. The quantitative estimate of drug-likeness (QED) is 0.548. The van der Waals surface area contributed by atoms with Gasteiger partial charge in [0.25, 0.3) is 0 Å². The summed E-state index contributed by atoms with van der Waals surface area (Å²) in [5.74, 6) is 2.02. The van der Waals surface area contributed by atoms with E-state index in [0.717, 1.165) is 15.8 Å². The van der Waals surface area contributed by atoms with Crippen molar-refractivity contribution in [2.75, 3.05) is 0 Å². The molecule has 2 saturated carbocycles. The number of alkyl halides is 1. The van der Waals surface area contributed by atoms with Gasteiger partial charge in [0, 0.05) is 3.92 Å². The standard InChI is InChI=1S/C12H15I/c1-2-3-11(13)8-4-5-12-7-10(12)9(12)6-8/h4-6,9-11H,2-3,7H2,1H3/t9?,10?,11?,12-/m0/s1. The van der Waals surface area contributed by atoms with Gasteiger partial charge in [-0.15, -0.1) is 0 Å². The average Bonchev–Trinajstić information content (AvgIpc) is 2.92. The minimum absolute atomic E-state index is 0.714. The molecule has 0 radical (unpaired) electrons. The molecular formula is C12H15I. The number of hydrogen-bond donors (Lipinski definition) is 0. The molecule has 0 aromatic carbocycles. The summed E-state index contributed by atoms with van der Waals surface area (Å²) in [5, 5.41) is 0. The summed E-state index contributed by atoms with van der Waals surface area (Å²) in [7, 11) is 0. The van der Waals surface area contributed by atoms with Crippen LogP contribution in [0.1, 0.15) is 26.2 Å². The lowest BCUT2D eigenvalue weighted by atomic mass is 9.94. The predicted molar refractivity (Wildman–Crippen MR) is 64.0 cm³/mol. The van der Waals surface area contributed by atoms with Crippen molar-refractivity contribution in [1.82, 2.24) is 0 Å².